The number of fused-ring (bicyclic) bond motifs is 1. The molecule has 4 rings (SSSR count). The van der Waals surface area contributed by atoms with Gasteiger partial charge in [0.15, 0.2) is 0 Å². The lowest BCUT2D eigenvalue weighted by atomic mass is 10.2. The van der Waals surface area contributed by atoms with Crippen LogP contribution in [0.4, 0.5) is 11.4 Å². The van der Waals surface area contributed by atoms with Crippen LogP contribution in [0.25, 0.3) is 28.9 Å². The van der Waals surface area contributed by atoms with E-state index in [-0.39, 0.29) is 11.4 Å². The Labute approximate surface area is 171 Å². The van der Waals surface area contributed by atoms with Gasteiger partial charge in [0, 0.05) is 30.0 Å². The quantitative estimate of drug-likeness (QED) is 0.333. The molecule has 8 heteroatoms. The van der Waals surface area contributed by atoms with Crippen molar-refractivity contribution < 1.29 is 9.85 Å². The molecule has 0 amide bonds. The lowest BCUT2D eigenvalue weighted by Gasteiger charge is -2.07. The first-order chi connectivity index (χ1) is 14.4. The van der Waals surface area contributed by atoms with Gasteiger partial charge in [0.2, 0.25) is 0 Å². The molecule has 0 saturated heterocycles. The molecule has 1 aromatic heterocycles. The Balaban J connectivity index is 1.82. The van der Waals surface area contributed by atoms with Gasteiger partial charge in [-0.25, -0.2) is 4.98 Å². The van der Waals surface area contributed by atoms with Crippen LogP contribution < -0.4 is 0 Å². The molecule has 0 aliphatic carbocycles. The van der Waals surface area contributed by atoms with Crippen molar-refractivity contribution in [3.8, 4) is 5.69 Å². The number of aromatic nitrogens is 2. The summed E-state index contributed by atoms with van der Waals surface area (Å²) in [6.45, 7) is 1.99. The molecule has 30 heavy (non-hydrogen) atoms. The van der Waals surface area contributed by atoms with Crippen LogP contribution in [0.3, 0.4) is 0 Å². The number of rotatable bonds is 5. The zero-order chi connectivity index (χ0) is 21.3. The number of hydrogen-bond acceptors (Lipinski definition) is 5. The van der Waals surface area contributed by atoms with Crippen molar-refractivity contribution in [2.45, 2.75) is 6.92 Å². The van der Waals surface area contributed by atoms with Gasteiger partial charge >= 0.3 is 0 Å². The second-order valence-corrected chi connectivity index (χ2v) is 6.75. The lowest BCUT2D eigenvalue weighted by Crippen LogP contribution is -1.97. The van der Waals surface area contributed by atoms with Crippen LogP contribution >= 0.6 is 0 Å². The summed E-state index contributed by atoms with van der Waals surface area (Å²) in [5.41, 5.74) is 4.01. The summed E-state index contributed by atoms with van der Waals surface area (Å²) in [4.78, 5) is 25.6. The lowest BCUT2D eigenvalue weighted by molar-refractivity contribution is -0.385. The molecule has 0 saturated carbocycles. The molecule has 3 aromatic carbocycles. The third-order valence-corrected chi connectivity index (χ3v) is 4.70. The number of nitro benzene ring substituents is 2. The van der Waals surface area contributed by atoms with Gasteiger partial charge < -0.3 is 0 Å². The summed E-state index contributed by atoms with van der Waals surface area (Å²) < 4.78 is 1.92. The maximum absolute atomic E-state index is 11.1. The minimum atomic E-state index is -0.448. The highest BCUT2D eigenvalue weighted by Gasteiger charge is 2.14. The summed E-state index contributed by atoms with van der Waals surface area (Å²) >= 11 is 0. The van der Waals surface area contributed by atoms with Crippen molar-refractivity contribution in [1.29, 1.82) is 0 Å². The molecule has 0 bridgehead atoms. The molecule has 0 spiro atoms. The van der Waals surface area contributed by atoms with Crippen LogP contribution in [-0.2, 0) is 0 Å². The normalized spacial score (nSPS) is 11.2. The van der Waals surface area contributed by atoms with Crippen LogP contribution in [0, 0.1) is 27.2 Å². The Morgan fingerprint density at radius 3 is 2.10 bits per heavy atom. The van der Waals surface area contributed by atoms with Crippen LogP contribution in [0.5, 0.6) is 0 Å². The zero-order valence-corrected chi connectivity index (χ0v) is 15.9. The van der Waals surface area contributed by atoms with Crippen molar-refractivity contribution in [2.75, 3.05) is 0 Å². The first-order valence-electron chi connectivity index (χ1n) is 9.09. The highest BCUT2D eigenvalue weighted by atomic mass is 16.6. The van der Waals surface area contributed by atoms with E-state index in [1.165, 1.54) is 24.3 Å². The van der Waals surface area contributed by atoms with E-state index in [9.17, 15) is 20.2 Å². The average Bonchev–Trinajstić information content (AvgIpc) is 3.10. The Kier molecular flexibility index (Phi) is 4.81. The van der Waals surface area contributed by atoms with E-state index in [1.807, 2.05) is 35.8 Å². The van der Waals surface area contributed by atoms with E-state index in [4.69, 9.17) is 0 Å². The van der Waals surface area contributed by atoms with Crippen molar-refractivity contribution in [2.24, 2.45) is 0 Å². The molecule has 148 valence electrons. The van der Waals surface area contributed by atoms with E-state index >= 15 is 0 Å². The third-order valence-electron chi connectivity index (χ3n) is 4.70. The summed E-state index contributed by atoms with van der Waals surface area (Å²) in [6, 6.07) is 18.6. The van der Waals surface area contributed by atoms with E-state index in [1.54, 1.807) is 30.4 Å². The van der Waals surface area contributed by atoms with Gasteiger partial charge in [-0.3, -0.25) is 24.8 Å². The van der Waals surface area contributed by atoms with Gasteiger partial charge in [-0.1, -0.05) is 23.8 Å². The average molecular weight is 400 g/mol. The fraction of sp³-hybridized carbons (Fsp3) is 0.0455. The topological polar surface area (TPSA) is 104 Å². The summed E-state index contributed by atoms with van der Waals surface area (Å²) in [7, 11) is 0. The van der Waals surface area contributed by atoms with Gasteiger partial charge in [-0.05, 0) is 48.9 Å². The number of aryl methyl sites for hydroxylation is 1. The molecule has 0 N–H and O–H groups in total. The molecule has 0 radical (unpaired) electrons. The number of benzene rings is 3. The van der Waals surface area contributed by atoms with E-state index < -0.39 is 9.85 Å². The summed E-state index contributed by atoms with van der Waals surface area (Å²) in [5, 5.41) is 22.0. The molecular formula is C22H16N4O4. The zero-order valence-electron chi connectivity index (χ0n) is 15.9. The summed E-state index contributed by atoms with van der Waals surface area (Å²) in [5.74, 6) is 0.590. The number of nitro groups is 2. The van der Waals surface area contributed by atoms with Crippen LogP contribution in [-0.4, -0.2) is 19.4 Å². The van der Waals surface area contributed by atoms with Gasteiger partial charge in [0.25, 0.3) is 11.4 Å². The molecule has 8 nitrogen and oxygen atoms in total. The van der Waals surface area contributed by atoms with Gasteiger partial charge in [0.05, 0.1) is 20.9 Å². The van der Waals surface area contributed by atoms with Crippen molar-refractivity contribution in [3.05, 3.63) is 104 Å². The van der Waals surface area contributed by atoms with Crippen LogP contribution in [0.1, 0.15) is 17.0 Å². The van der Waals surface area contributed by atoms with E-state index in [0.29, 0.717) is 11.3 Å². The molecule has 0 aliphatic rings. The van der Waals surface area contributed by atoms with Crippen LogP contribution in [0.2, 0.25) is 0 Å². The molecule has 0 unspecified atom stereocenters. The van der Waals surface area contributed by atoms with Crippen LogP contribution in [0.15, 0.2) is 66.7 Å². The molecule has 1 heterocycles. The molecule has 0 aliphatic heterocycles. The molecule has 0 fully saturated rings. The minimum Gasteiger partial charge on any atom is -0.293 e. The second-order valence-electron chi connectivity index (χ2n) is 6.75. The van der Waals surface area contributed by atoms with Gasteiger partial charge in [-0.2, -0.15) is 0 Å². The first-order valence-corrected chi connectivity index (χ1v) is 9.09. The van der Waals surface area contributed by atoms with E-state index in [2.05, 4.69) is 4.98 Å². The molecule has 4 aromatic rings. The fourth-order valence-electron chi connectivity index (χ4n) is 3.16. The highest BCUT2D eigenvalue weighted by Crippen LogP contribution is 2.26. The fourth-order valence-corrected chi connectivity index (χ4v) is 3.16. The predicted molar refractivity (Wildman–Crippen MR) is 114 cm³/mol. The van der Waals surface area contributed by atoms with Crippen molar-refractivity contribution in [3.63, 3.8) is 0 Å². The number of nitrogens with zero attached hydrogens (tertiary/aromatic N) is 4. The molecule has 0 atom stereocenters. The van der Waals surface area contributed by atoms with Crippen molar-refractivity contribution >= 4 is 34.6 Å². The number of non-ortho nitro benzene ring substituents is 2. The maximum atomic E-state index is 11.1. The van der Waals surface area contributed by atoms with Gasteiger partial charge in [-0.15, -0.1) is 0 Å². The standard InChI is InChI=1S/C22H16N4O4/c1-15-2-7-17(8-3-15)24-21-12-11-19(26(29)30)14-20(21)23-22(24)13-6-16-4-9-18(10-5-16)25(27)28/h2-14H,1H3/b13-6-. The second kappa shape index (κ2) is 7.59. The van der Waals surface area contributed by atoms with Gasteiger partial charge in [0.1, 0.15) is 5.82 Å². The Hall–Kier alpha value is -4.33. The minimum absolute atomic E-state index is 0.0198. The predicted octanol–water partition coefficient (Wildman–Crippen LogP) is 5.32. The Morgan fingerprint density at radius 1 is 0.833 bits per heavy atom. The maximum Gasteiger partial charge on any atom is 0.271 e. The number of hydrogen-bond donors (Lipinski definition) is 0. The SMILES string of the molecule is Cc1ccc(-n2c(/C=C\c3ccc([N+](=O)[O-])cc3)nc3cc([N+](=O)[O-])ccc32)cc1. The highest BCUT2D eigenvalue weighted by molar-refractivity contribution is 5.84. The molecular weight excluding hydrogens is 384 g/mol. The first kappa shape index (κ1) is 19.0. The third kappa shape index (κ3) is 3.66. The number of imidazole rings is 1. The Bertz CT molecular complexity index is 1290. The smallest absolute Gasteiger partial charge is 0.271 e. The summed E-state index contributed by atoms with van der Waals surface area (Å²) in [6.07, 6.45) is 3.58. The van der Waals surface area contributed by atoms with Crippen molar-refractivity contribution in [1.82, 2.24) is 9.55 Å². The monoisotopic (exact) mass is 400 g/mol. The largest absolute Gasteiger partial charge is 0.293 e. The van der Waals surface area contributed by atoms with E-state index in [0.717, 1.165) is 22.3 Å². The Morgan fingerprint density at radius 2 is 1.47 bits per heavy atom.